The van der Waals surface area contributed by atoms with Gasteiger partial charge >= 0.3 is 6.36 Å². The molecule has 3 heterocycles. The third kappa shape index (κ3) is 4.01. The van der Waals surface area contributed by atoms with Gasteiger partial charge in [0.25, 0.3) is 0 Å². The minimum Gasteiger partial charge on any atom is -0.406 e. The molecule has 0 spiro atoms. The summed E-state index contributed by atoms with van der Waals surface area (Å²) < 4.78 is 42.9. The molecule has 0 saturated carbocycles. The van der Waals surface area contributed by atoms with Gasteiger partial charge in [0.15, 0.2) is 5.65 Å². The summed E-state index contributed by atoms with van der Waals surface area (Å²) in [5.74, 6) is -0.467. The molecule has 3 aromatic rings. The molecule has 11 heteroatoms. The zero-order valence-corrected chi connectivity index (χ0v) is 17.9. The SMILES string of the molecule is O=C(C1=CCC1)N1CC(c2nn(-c3ccc(OC(F)(F)F)cc3)c3nccc([C@@H](O)CO)c23)C1. The lowest BCUT2D eigenvalue weighted by molar-refractivity contribution is -0.274. The van der Waals surface area contributed by atoms with Gasteiger partial charge in [-0.3, -0.25) is 4.79 Å². The summed E-state index contributed by atoms with van der Waals surface area (Å²) in [7, 11) is 0. The number of nitrogens with zero attached hydrogens (tertiary/aromatic N) is 4. The van der Waals surface area contributed by atoms with Crippen molar-refractivity contribution in [1.82, 2.24) is 19.7 Å². The third-order valence-electron chi connectivity index (χ3n) is 6.11. The van der Waals surface area contributed by atoms with Crippen molar-refractivity contribution in [3.8, 4) is 11.4 Å². The van der Waals surface area contributed by atoms with Gasteiger partial charge in [0.05, 0.1) is 18.0 Å². The number of carbonyl (C=O) groups excluding carboxylic acids is 1. The van der Waals surface area contributed by atoms with Crippen molar-refractivity contribution in [3.63, 3.8) is 0 Å². The molecule has 1 aliphatic carbocycles. The number of rotatable bonds is 6. The van der Waals surface area contributed by atoms with Crippen LogP contribution in [-0.2, 0) is 4.79 Å². The molecule has 0 radical (unpaired) electrons. The molecule has 1 atom stereocenters. The highest BCUT2D eigenvalue weighted by atomic mass is 19.4. The van der Waals surface area contributed by atoms with Crippen LogP contribution in [0.4, 0.5) is 13.2 Å². The summed E-state index contributed by atoms with van der Waals surface area (Å²) in [4.78, 5) is 18.6. The second-order valence-electron chi connectivity index (χ2n) is 8.31. The first-order valence-corrected chi connectivity index (χ1v) is 10.8. The highest BCUT2D eigenvalue weighted by Gasteiger charge is 2.38. The van der Waals surface area contributed by atoms with E-state index in [0.29, 0.717) is 41.1 Å². The summed E-state index contributed by atoms with van der Waals surface area (Å²) >= 11 is 0. The molecule has 2 N–H and O–H groups in total. The van der Waals surface area contributed by atoms with E-state index in [2.05, 4.69) is 14.8 Å². The Labute approximate surface area is 191 Å². The van der Waals surface area contributed by atoms with Crippen LogP contribution < -0.4 is 4.74 Å². The molecule has 1 fully saturated rings. The average molecular weight is 474 g/mol. The van der Waals surface area contributed by atoms with Gasteiger partial charge in [-0.25, -0.2) is 9.67 Å². The molecular weight excluding hydrogens is 453 g/mol. The van der Waals surface area contributed by atoms with E-state index in [1.165, 1.54) is 35.1 Å². The maximum atomic E-state index is 12.5. The summed E-state index contributed by atoms with van der Waals surface area (Å²) in [6.07, 6.45) is -0.878. The van der Waals surface area contributed by atoms with Gasteiger partial charge in [-0.1, -0.05) is 6.08 Å². The Kier molecular flexibility index (Phi) is 5.53. The van der Waals surface area contributed by atoms with Gasteiger partial charge in [0.1, 0.15) is 11.9 Å². The first-order chi connectivity index (χ1) is 16.2. The molecule has 34 heavy (non-hydrogen) atoms. The molecule has 8 nitrogen and oxygen atoms in total. The fourth-order valence-electron chi connectivity index (χ4n) is 4.23. The highest BCUT2D eigenvalue weighted by molar-refractivity contribution is 5.95. The number of aliphatic hydroxyl groups is 2. The summed E-state index contributed by atoms with van der Waals surface area (Å²) in [5.41, 5.74) is 2.69. The fraction of sp³-hybridized carbons (Fsp3) is 0.348. The second-order valence-corrected chi connectivity index (χ2v) is 8.31. The van der Waals surface area contributed by atoms with Crippen molar-refractivity contribution in [2.24, 2.45) is 0 Å². The molecule has 1 saturated heterocycles. The predicted molar refractivity (Wildman–Crippen MR) is 114 cm³/mol. The maximum absolute atomic E-state index is 12.5. The van der Waals surface area contributed by atoms with Crippen LogP contribution >= 0.6 is 0 Å². The molecule has 2 aromatic heterocycles. The lowest BCUT2D eigenvalue weighted by Crippen LogP contribution is -2.49. The molecular formula is C23H21F3N4O4. The molecule has 1 amide bonds. The first-order valence-electron chi connectivity index (χ1n) is 10.8. The minimum absolute atomic E-state index is 0.0141. The second kappa shape index (κ2) is 8.41. The number of hydrogen-bond donors (Lipinski definition) is 2. The van der Waals surface area contributed by atoms with Gasteiger partial charge in [-0.15, -0.1) is 13.2 Å². The molecule has 2 aliphatic rings. The molecule has 0 unspecified atom stereocenters. The van der Waals surface area contributed by atoms with E-state index in [-0.39, 0.29) is 17.6 Å². The summed E-state index contributed by atoms with van der Waals surface area (Å²) in [6, 6.07) is 6.80. The Hall–Kier alpha value is -3.44. The van der Waals surface area contributed by atoms with Crippen LogP contribution in [0.15, 0.2) is 48.2 Å². The average Bonchev–Trinajstić information content (AvgIpc) is 3.10. The first kappa shape index (κ1) is 22.4. The number of hydrogen-bond acceptors (Lipinski definition) is 6. The third-order valence-corrected chi connectivity index (χ3v) is 6.11. The number of halogens is 3. The van der Waals surface area contributed by atoms with E-state index in [4.69, 9.17) is 0 Å². The number of fused-ring (bicyclic) bond motifs is 1. The van der Waals surface area contributed by atoms with Gasteiger partial charge in [0.2, 0.25) is 5.91 Å². The number of alkyl halides is 3. The number of aromatic nitrogens is 3. The number of allylic oxidation sites excluding steroid dienone is 1. The summed E-state index contributed by atoms with van der Waals surface area (Å²) in [5, 5.41) is 25.2. The Morgan fingerprint density at radius 2 is 1.91 bits per heavy atom. The van der Waals surface area contributed by atoms with E-state index >= 15 is 0 Å². The Morgan fingerprint density at radius 3 is 2.50 bits per heavy atom. The van der Waals surface area contributed by atoms with Crippen molar-refractivity contribution in [2.45, 2.75) is 31.2 Å². The Morgan fingerprint density at radius 1 is 1.21 bits per heavy atom. The highest BCUT2D eigenvalue weighted by Crippen LogP contribution is 2.37. The van der Waals surface area contributed by atoms with Crippen LogP contribution in [0.3, 0.4) is 0 Å². The molecule has 5 rings (SSSR count). The Balaban J connectivity index is 1.52. The van der Waals surface area contributed by atoms with E-state index in [0.717, 1.165) is 18.4 Å². The van der Waals surface area contributed by atoms with Crippen LogP contribution in [0.1, 0.15) is 36.1 Å². The number of likely N-dealkylation sites (tertiary alicyclic amines) is 1. The van der Waals surface area contributed by atoms with Crippen LogP contribution in [0.2, 0.25) is 0 Å². The number of benzene rings is 1. The number of pyridine rings is 1. The van der Waals surface area contributed by atoms with E-state index < -0.39 is 19.1 Å². The van der Waals surface area contributed by atoms with E-state index in [1.54, 1.807) is 11.0 Å². The fourth-order valence-corrected chi connectivity index (χ4v) is 4.23. The predicted octanol–water partition coefficient (Wildman–Crippen LogP) is 2.99. The topological polar surface area (TPSA) is 101 Å². The molecule has 1 aromatic carbocycles. The lowest BCUT2D eigenvalue weighted by Gasteiger charge is -2.40. The number of aliphatic hydroxyl groups excluding tert-OH is 2. The number of amides is 1. The quantitative estimate of drug-likeness (QED) is 0.570. The standard InChI is InChI=1S/C23H21F3N4O4/c24-23(25,26)34-16-6-4-15(5-7-16)30-21-19(17(8-9-27-21)18(32)12-31)20(28-30)14-10-29(11-14)22(33)13-2-1-3-13/h2,4-9,14,18,31-32H,1,3,10-12H2/t18-/m0/s1. The van der Waals surface area contributed by atoms with Crippen molar-refractivity contribution in [3.05, 3.63) is 59.4 Å². The van der Waals surface area contributed by atoms with E-state index in [9.17, 15) is 28.2 Å². The van der Waals surface area contributed by atoms with Gasteiger partial charge in [-0.05, 0) is 48.7 Å². The van der Waals surface area contributed by atoms with Crippen LogP contribution in [0.25, 0.3) is 16.7 Å². The van der Waals surface area contributed by atoms with Crippen molar-refractivity contribution in [2.75, 3.05) is 19.7 Å². The van der Waals surface area contributed by atoms with Gasteiger partial charge < -0.3 is 19.8 Å². The molecule has 0 bridgehead atoms. The van der Waals surface area contributed by atoms with Gasteiger partial charge in [0, 0.05) is 36.2 Å². The van der Waals surface area contributed by atoms with Crippen LogP contribution in [0, 0.1) is 0 Å². The lowest BCUT2D eigenvalue weighted by atomic mass is 9.89. The van der Waals surface area contributed by atoms with E-state index in [1.807, 2.05) is 6.08 Å². The number of ether oxygens (including phenoxy) is 1. The smallest absolute Gasteiger partial charge is 0.406 e. The van der Waals surface area contributed by atoms with Gasteiger partial charge in [-0.2, -0.15) is 5.10 Å². The largest absolute Gasteiger partial charge is 0.573 e. The zero-order valence-electron chi connectivity index (χ0n) is 17.9. The Bertz CT molecular complexity index is 1260. The van der Waals surface area contributed by atoms with Crippen molar-refractivity contribution < 1.29 is 32.9 Å². The van der Waals surface area contributed by atoms with Crippen LogP contribution in [0.5, 0.6) is 5.75 Å². The minimum atomic E-state index is -4.80. The monoisotopic (exact) mass is 474 g/mol. The van der Waals surface area contributed by atoms with Crippen LogP contribution in [-0.4, -0.2) is 61.8 Å². The molecule has 178 valence electrons. The molecule has 1 aliphatic heterocycles. The normalized spacial score (nSPS) is 17.2. The summed E-state index contributed by atoms with van der Waals surface area (Å²) in [6.45, 7) is 0.394. The maximum Gasteiger partial charge on any atom is 0.573 e. The number of carbonyl (C=O) groups is 1. The zero-order chi connectivity index (χ0) is 24.0. The van der Waals surface area contributed by atoms with Crippen molar-refractivity contribution in [1.29, 1.82) is 0 Å². The van der Waals surface area contributed by atoms with Crippen molar-refractivity contribution >= 4 is 16.9 Å².